The summed E-state index contributed by atoms with van der Waals surface area (Å²) in [5.74, 6) is -0.536. The smallest absolute Gasteiger partial charge is 0.339 e. The zero-order valence-corrected chi connectivity index (χ0v) is 15.6. The number of methoxy groups -OCH3 is 1. The summed E-state index contributed by atoms with van der Waals surface area (Å²) in [7, 11) is -2.65. The van der Waals surface area contributed by atoms with Crippen molar-refractivity contribution < 1.29 is 17.9 Å². The van der Waals surface area contributed by atoms with Crippen molar-refractivity contribution in [3.8, 4) is 0 Å². The number of hydrogen-bond donors (Lipinski definition) is 2. The van der Waals surface area contributed by atoms with Gasteiger partial charge in [-0.25, -0.2) is 17.9 Å². The van der Waals surface area contributed by atoms with Gasteiger partial charge in [0.1, 0.15) is 0 Å². The highest BCUT2D eigenvalue weighted by atomic mass is 35.5. The van der Waals surface area contributed by atoms with Crippen LogP contribution in [-0.2, 0) is 14.8 Å². The van der Waals surface area contributed by atoms with Crippen LogP contribution in [0.25, 0.3) is 0 Å². The Hall–Kier alpha value is -1.15. The average molecular weight is 377 g/mol. The van der Waals surface area contributed by atoms with Gasteiger partial charge in [-0.2, -0.15) is 0 Å². The largest absolute Gasteiger partial charge is 0.465 e. The molecule has 0 radical (unpaired) electrons. The summed E-state index contributed by atoms with van der Waals surface area (Å²) in [6.45, 7) is 2.24. The Morgan fingerprint density at radius 2 is 2.04 bits per heavy atom. The number of sulfonamides is 1. The first-order valence-corrected chi connectivity index (χ1v) is 9.26. The van der Waals surface area contributed by atoms with Gasteiger partial charge >= 0.3 is 5.97 Å². The van der Waals surface area contributed by atoms with Crippen LogP contribution in [0.2, 0.25) is 0 Å². The van der Waals surface area contributed by atoms with E-state index < -0.39 is 21.5 Å². The second-order valence-electron chi connectivity index (χ2n) is 6.10. The van der Waals surface area contributed by atoms with Crippen molar-refractivity contribution in [1.82, 2.24) is 4.72 Å². The second kappa shape index (κ2) is 8.29. The molecule has 1 aliphatic carbocycles. The molecule has 0 amide bonds. The molecule has 3 N–H and O–H groups in total. The summed E-state index contributed by atoms with van der Waals surface area (Å²) in [5, 5.41) is 0. The summed E-state index contributed by atoms with van der Waals surface area (Å²) >= 11 is 0. The van der Waals surface area contributed by atoms with E-state index in [1.54, 1.807) is 12.1 Å². The summed E-state index contributed by atoms with van der Waals surface area (Å²) in [4.78, 5) is 11.8. The van der Waals surface area contributed by atoms with Crippen LogP contribution >= 0.6 is 12.4 Å². The van der Waals surface area contributed by atoms with Gasteiger partial charge in [0.2, 0.25) is 10.0 Å². The Labute approximate surface area is 149 Å². The second-order valence-corrected chi connectivity index (χ2v) is 7.75. The standard InChI is InChI=1S/C16H24N2O4S.ClH/c1-12-7-5-6-10-16(12,11-17)18-23(20,21)14-9-4-3-8-13(14)15(19)22-2;/h3-4,8-9,12,18H,5-7,10-11,17H2,1-2H3;1H. The van der Waals surface area contributed by atoms with Crippen molar-refractivity contribution in [2.45, 2.75) is 43.0 Å². The lowest BCUT2D eigenvalue weighted by Crippen LogP contribution is -2.59. The zero-order chi connectivity index (χ0) is 17.1. The third-order valence-electron chi connectivity index (χ3n) is 4.74. The summed E-state index contributed by atoms with van der Waals surface area (Å²) in [6.07, 6.45) is 3.63. The number of carbonyl (C=O) groups excluding carboxylic acids is 1. The first-order valence-electron chi connectivity index (χ1n) is 7.78. The van der Waals surface area contributed by atoms with Crippen molar-refractivity contribution >= 4 is 28.4 Å². The summed E-state index contributed by atoms with van der Waals surface area (Å²) < 4.78 is 33.2. The molecule has 6 nitrogen and oxygen atoms in total. The number of carbonyl (C=O) groups is 1. The molecular weight excluding hydrogens is 352 g/mol. The van der Waals surface area contributed by atoms with Crippen LogP contribution in [-0.4, -0.2) is 33.6 Å². The quantitative estimate of drug-likeness (QED) is 0.766. The molecule has 0 heterocycles. The Bertz CT molecular complexity index is 680. The van der Waals surface area contributed by atoms with E-state index in [1.165, 1.54) is 19.2 Å². The van der Waals surface area contributed by atoms with Crippen molar-refractivity contribution in [2.24, 2.45) is 11.7 Å². The van der Waals surface area contributed by atoms with Crippen molar-refractivity contribution in [1.29, 1.82) is 0 Å². The van der Waals surface area contributed by atoms with E-state index in [2.05, 4.69) is 9.46 Å². The van der Waals surface area contributed by atoms with Crippen LogP contribution in [0.5, 0.6) is 0 Å². The number of rotatable bonds is 5. The lowest BCUT2D eigenvalue weighted by atomic mass is 9.74. The van der Waals surface area contributed by atoms with Crippen LogP contribution in [0.15, 0.2) is 29.2 Å². The maximum atomic E-state index is 12.9. The molecule has 0 saturated heterocycles. The first-order chi connectivity index (χ1) is 10.9. The van der Waals surface area contributed by atoms with Gasteiger partial charge in [-0.15, -0.1) is 12.4 Å². The number of halogens is 1. The van der Waals surface area contributed by atoms with E-state index in [-0.39, 0.29) is 35.3 Å². The molecule has 0 bridgehead atoms. The van der Waals surface area contributed by atoms with E-state index in [4.69, 9.17) is 5.73 Å². The number of nitrogens with one attached hydrogen (secondary N) is 1. The molecule has 1 aromatic rings. The highest BCUT2D eigenvalue weighted by Crippen LogP contribution is 2.34. The minimum Gasteiger partial charge on any atom is -0.465 e. The van der Waals surface area contributed by atoms with Gasteiger partial charge in [-0.1, -0.05) is 31.9 Å². The molecule has 0 aromatic heterocycles. The molecule has 1 aromatic carbocycles. The number of esters is 1. The van der Waals surface area contributed by atoms with Crippen LogP contribution in [0, 0.1) is 5.92 Å². The Morgan fingerprint density at radius 3 is 2.62 bits per heavy atom. The normalized spacial score (nSPS) is 24.0. The minimum atomic E-state index is -3.88. The van der Waals surface area contributed by atoms with Crippen LogP contribution in [0.4, 0.5) is 0 Å². The Kier molecular flexibility index (Phi) is 7.22. The Balaban J connectivity index is 0.00000288. The molecule has 1 fully saturated rings. The van der Waals surface area contributed by atoms with Crippen molar-refractivity contribution in [3.05, 3.63) is 29.8 Å². The highest BCUT2D eigenvalue weighted by molar-refractivity contribution is 7.89. The third-order valence-corrected chi connectivity index (χ3v) is 6.35. The molecule has 2 unspecified atom stereocenters. The molecule has 8 heteroatoms. The van der Waals surface area contributed by atoms with Gasteiger partial charge < -0.3 is 10.5 Å². The van der Waals surface area contributed by atoms with Gasteiger partial charge in [-0.05, 0) is 30.9 Å². The summed E-state index contributed by atoms with van der Waals surface area (Å²) in [5.41, 5.74) is 5.28. The number of nitrogens with two attached hydrogens (primary N) is 1. The van der Waals surface area contributed by atoms with Crippen LogP contribution < -0.4 is 10.5 Å². The molecule has 0 aliphatic heterocycles. The minimum absolute atomic E-state index is 0. The van der Waals surface area contributed by atoms with Gasteiger partial charge in [0.25, 0.3) is 0 Å². The zero-order valence-electron chi connectivity index (χ0n) is 13.9. The number of hydrogen-bond acceptors (Lipinski definition) is 5. The molecular formula is C16H25ClN2O4S. The van der Waals surface area contributed by atoms with Gasteiger partial charge in [0.05, 0.1) is 17.6 Å². The SMILES string of the molecule is COC(=O)c1ccccc1S(=O)(=O)NC1(CN)CCCCC1C.Cl. The van der Waals surface area contributed by atoms with E-state index in [0.717, 1.165) is 19.3 Å². The van der Waals surface area contributed by atoms with E-state index in [9.17, 15) is 13.2 Å². The molecule has 0 spiro atoms. The monoisotopic (exact) mass is 376 g/mol. The molecule has 2 atom stereocenters. The van der Waals surface area contributed by atoms with Gasteiger partial charge in [-0.3, -0.25) is 0 Å². The maximum Gasteiger partial charge on any atom is 0.339 e. The first kappa shape index (κ1) is 20.9. The fraction of sp³-hybridized carbons (Fsp3) is 0.562. The van der Waals surface area contributed by atoms with E-state index in [1.807, 2.05) is 6.92 Å². The van der Waals surface area contributed by atoms with Crippen LogP contribution in [0.1, 0.15) is 43.0 Å². The van der Waals surface area contributed by atoms with Crippen molar-refractivity contribution in [2.75, 3.05) is 13.7 Å². The fourth-order valence-electron chi connectivity index (χ4n) is 3.21. The predicted molar refractivity (Wildman–Crippen MR) is 94.8 cm³/mol. The summed E-state index contributed by atoms with van der Waals surface area (Å²) in [6, 6.07) is 6.04. The average Bonchev–Trinajstić information content (AvgIpc) is 2.56. The van der Waals surface area contributed by atoms with Gasteiger partial charge in [0, 0.05) is 12.1 Å². The molecule has 1 aliphatic rings. The molecule has 1 saturated carbocycles. The lowest BCUT2D eigenvalue weighted by molar-refractivity contribution is 0.0596. The Morgan fingerprint density at radius 1 is 1.38 bits per heavy atom. The number of ether oxygens (including phenoxy) is 1. The van der Waals surface area contributed by atoms with Crippen LogP contribution in [0.3, 0.4) is 0 Å². The predicted octanol–water partition coefficient (Wildman–Crippen LogP) is 2.08. The van der Waals surface area contributed by atoms with E-state index in [0.29, 0.717) is 6.42 Å². The lowest BCUT2D eigenvalue weighted by Gasteiger charge is -2.42. The molecule has 2 rings (SSSR count). The third kappa shape index (κ3) is 4.08. The van der Waals surface area contributed by atoms with Gasteiger partial charge in [0.15, 0.2) is 0 Å². The number of benzene rings is 1. The van der Waals surface area contributed by atoms with Crippen molar-refractivity contribution in [3.63, 3.8) is 0 Å². The fourth-order valence-corrected chi connectivity index (χ4v) is 4.94. The molecule has 136 valence electrons. The highest BCUT2D eigenvalue weighted by Gasteiger charge is 2.41. The van der Waals surface area contributed by atoms with E-state index >= 15 is 0 Å². The molecule has 24 heavy (non-hydrogen) atoms. The maximum absolute atomic E-state index is 12.9. The topological polar surface area (TPSA) is 98.5 Å².